The molecule has 0 atom stereocenters. The van der Waals surface area contributed by atoms with Gasteiger partial charge < -0.3 is 9.84 Å². The van der Waals surface area contributed by atoms with Gasteiger partial charge in [-0.2, -0.15) is 0 Å². The lowest BCUT2D eigenvalue weighted by atomic mass is 10.1. The summed E-state index contributed by atoms with van der Waals surface area (Å²) in [7, 11) is 0. The van der Waals surface area contributed by atoms with Crippen molar-refractivity contribution in [3.63, 3.8) is 0 Å². The maximum absolute atomic E-state index is 11.8. The first-order valence-electron chi connectivity index (χ1n) is 6.07. The van der Waals surface area contributed by atoms with E-state index < -0.39 is 11.7 Å². The minimum absolute atomic E-state index is 0.196. The number of carbonyl (C=O) groups is 1. The minimum Gasteiger partial charge on any atom is -0.508 e. The molecule has 2 aromatic carbocycles. The minimum atomic E-state index is -0.535. The first-order valence-corrected chi connectivity index (χ1v) is 6.07. The van der Waals surface area contributed by atoms with Gasteiger partial charge in [0.25, 0.3) is 0 Å². The molecule has 0 aliphatic rings. The number of benzene rings is 2. The molecule has 0 unspecified atom stereocenters. The molecule has 2 N–H and O–H groups in total. The summed E-state index contributed by atoms with van der Waals surface area (Å²) in [5, 5.41) is 13.9. The molecule has 0 aliphatic heterocycles. The second kappa shape index (κ2) is 4.80. The zero-order chi connectivity index (χ0) is 14.0. The highest BCUT2D eigenvalue weighted by Crippen LogP contribution is 2.26. The Kier molecular flexibility index (Phi) is 3.34. The summed E-state index contributed by atoms with van der Waals surface area (Å²) < 4.78 is 5.21. The van der Waals surface area contributed by atoms with Crippen LogP contribution in [-0.2, 0) is 4.74 Å². The van der Waals surface area contributed by atoms with Crippen LogP contribution in [0.4, 0.5) is 10.5 Å². The normalized spacial score (nSPS) is 11.3. The average Bonchev–Trinajstić information content (AvgIpc) is 2.26. The monoisotopic (exact) mass is 259 g/mol. The van der Waals surface area contributed by atoms with Crippen LogP contribution in [0.3, 0.4) is 0 Å². The van der Waals surface area contributed by atoms with Crippen LogP contribution in [0.15, 0.2) is 36.4 Å². The number of nitrogens with one attached hydrogen (secondary N) is 1. The van der Waals surface area contributed by atoms with Gasteiger partial charge in [0.1, 0.15) is 11.4 Å². The molecule has 19 heavy (non-hydrogen) atoms. The molecule has 0 fully saturated rings. The average molecular weight is 259 g/mol. The van der Waals surface area contributed by atoms with Gasteiger partial charge >= 0.3 is 6.09 Å². The van der Waals surface area contributed by atoms with Crippen molar-refractivity contribution in [3.8, 4) is 5.75 Å². The Balaban J connectivity index is 2.28. The fourth-order valence-electron chi connectivity index (χ4n) is 1.79. The zero-order valence-electron chi connectivity index (χ0n) is 11.2. The van der Waals surface area contributed by atoms with Crippen molar-refractivity contribution in [1.82, 2.24) is 0 Å². The second-order valence-electron chi connectivity index (χ2n) is 5.34. The van der Waals surface area contributed by atoms with E-state index in [2.05, 4.69) is 5.32 Å². The molecule has 0 aromatic heterocycles. The van der Waals surface area contributed by atoms with Crippen LogP contribution in [0, 0.1) is 0 Å². The fourth-order valence-corrected chi connectivity index (χ4v) is 1.79. The molecule has 1 amide bonds. The van der Waals surface area contributed by atoms with Crippen LogP contribution in [0.25, 0.3) is 10.8 Å². The van der Waals surface area contributed by atoms with E-state index in [1.54, 1.807) is 24.3 Å². The van der Waals surface area contributed by atoms with E-state index in [-0.39, 0.29) is 5.75 Å². The number of carbonyl (C=O) groups excluding carboxylic acids is 1. The number of phenols is 1. The maximum atomic E-state index is 11.8. The quantitative estimate of drug-likeness (QED) is 0.816. The number of amides is 1. The van der Waals surface area contributed by atoms with Gasteiger partial charge in [0.15, 0.2) is 0 Å². The SMILES string of the molecule is CC(C)(C)OC(=O)Nc1cccc2cc(O)ccc12. The Labute approximate surface area is 112 Å². The fraction of sp³-hybridized carbons (Fsp3) is 0.267. The van der Waals surface area contributed by atoms with E-state index in [0.717, 1.165) is 10.8 Å². The Morgan fingerprint density at radius 1 is 1.21 bits per heavy atom. The third-order valence-corrected chi connectivity index (χ3v) is 2.50. The maximum Gasteiger partial charge on any atom is 0.412 e. The van der Waals surface area contributed by atoms with E-state index in [0.29, 0.717) is 5.69 Å². The molecule has 0 aliphatic carbocycles. The van der Waals surface area contributed by atoms with Crippen LogP contribution < -0.4 is 5.32 Å². The van der Waals surface area contributed by atoms with Crippen molar-refractivity contribution in [1.29, 1.82) is 0 Å². The van der Waals surface area contributed by atoms with Crippen LogP contribution in [-0.4, -0.2) is 16.8 Å². The molecule has 0 spiro atoms. The van der Waals surface area contributed by atoms with Crippen molar-refractivity contribution in [2.75, 3.05) is 5.32 Å². The summed E-state index contributed by atoms with van der Waals surface area (Å²) in [6, 6.07) is 10.5. The van der Waals surface area contributed by atoms with Gasteiger partial charge in [0, 0.05) is 5.39 Å². The molecular weight excluding hydrogens is 242 g/mol. The summed E-state index contributed by atoms with van der Waals surface area (Å²) >= 11 is 0. The van der Waals surface area contributed by atoms with E-state index in [1.165, 1.54) is 0 Å². The lowest BCUT2D eigenvalue weighted by molar-refractivity contribution is 0.0636. The largest absolute Gasteiger partial charge is 0.508 e. The third-order valence-electron chi connectivity index (χ3n) is 2.50. The van der Waals surface area contributed by atoms with Gasteiger partial charge in [-0.25, -0.2) is 4.79 Å². The van der Waals surface area contributed by atoms with Gasteiger partial charge in [-0.3, -0.25) is 5.32 Å². The standard InChI is InChI=1S/C15H17NO3/c1-15(2,3)19-14(18)16-13-6-4-5-10-9-11(17)7-8-12(10)13/h4-9,17H,1-3H3,(H,16,18). The van der Waals surface area contributed by atoms with E-state index >= 15 is 0 Å². The number of anilines is 1. The molecule has 0 saturated carbocycles. The molecule has 4 nitrogen and oxygen atoms in total. The lowest BCUT2D eigenvalue weighted by Crippen LogP contribution is -2.27. The summed E-state index contributed by atoms with van der Waals surface area (Å²) in [5.74, 6) is 0.196. The zero-order valence-corrected chi connectivity index (χ0v) is 11.2. The molecule has 2 rings (SSSR count). The molecule has 4 heteroatoms. The van der Waals surface area contributed by atoms with Crippen LogP contribution >= 0.6 is 0 Å². The number of ether oxygens (including phenoxy) is 1. The first-order chi connectivity index (χ1) is 8.85. The van der Waals surface area contributed by atoms with Gasteiger partial charge in [0.05, 0.1) is 5.69 Å². The van der Waals surface area contributed by atoms with E-state index in [1.807, 2.05) is 32.9 Å². The Hall–Kier alpha value is -2.23. The highest BCUT2D eigenvalue weighted by atomic mass is 16.6. The highest BCUT2D eigenvalue weighted by molar-refractivity contribution is 6.00. The number of hydrogen-bond donors (Lipinski definition) is 2. The van der Waals surface area contributed by atoms with Crippen molar-refractivity contribution in [2.45, 2.75) is 26.4 Å². The summed E-state index contributed by atoms with van der Waals surface area (Å²) in [5.41, 5.74) is 0.124. The van der Waals surface area contributed by atoms with Crippen LogP contribution in [0.5, 0.6) is 5.75 Å². The smallest absolute Gasteiger partial charge is 0.412 e. The number of hydrogen-bond acceptors (Lipinski definition) is 3. The van der Waals surface area contributed by atoms with Gasteiger partial charge in [-0.1, -0.05) is 12.1 Å². The van der Waals surface area contributed by atoms with Crippen molar-refractivity contribution in [2.24, 2.45) is 0 Å². The molecule has 0 radical (unpaired) electrons. The predicted molar refractivity (Wildman–Crippen MR) is 75.5 cm³/mol. The van der Waals surface area contributed by atoms with Gasteiger partial charge in [-0.05, 0) is 50.4 Å². The molecule has 0 bridgehead atoms. The van der Waals surface area contributed by atoms with Crippen LogP contribution in [0.2, 0.25) is 0 Å². The summed E-state index contributed by atoms with van der Waals surface area (Å²) in [6.07, 6.45) is -0.493. The second-order valence-corrected chi connectivity index (χ2v) is 5.34. The molecule has 100 valence electrons. The Morgan fingerprint density at radius 3 is 2.63 bits per heavy atom. The predicted octanol–water partition coefficient (Wildman–Crippen LogP) is 3.89. The van der Waals surface area contributed by atoms with Gasteiger partial charge in [0.2, 0.25) is 0 Å². The number of rotatable bonds is 1. The van der Waals surface area contributed by atoms with Crippen molar-refractivity contribution in [3.05, 3.63) is 36.4 Å². The van der Waals surface area contributed by atoms with Crippen molar-refractivity contribution < 1.29 is 14.6 Å². The number of phenolic OH excluding ortho intramolecular Hbond substituents is 1. The van der Waals surface area contributed by atoms with E-state index in [9.17, 15) is 9.90 Å². The van der Waals surface area contributed by atoms with Crippen molar-refractivity contribution >= 4 is 22.6 Å². The highest BCUT2D eigenvalue weighted by Gasteiger charge is 2.16. The lowest BCUT2D eigenvalue weighted by Gasteiger charge is -2.20. The first kappa shape index (κ1) is 13.2. The number of fused-ring (bicyclic) bond motifs is 1. The molecule has 0 heterocycles. The Bertz CT molecular complexity index is 614. The topological polar surface area (TPSA) is 58.6 Å². The number of aromatic hydroxyl groups is 1. The van der Waals surface area contributed by atoms with Gasteiger partial charge in [-0.15, -0.1) is 0 Å². The molecule has 2 aromatic rings. The Morgan fingerprint density at radius 2 is 1.95 bits per heavy atom. The summed E-state index contributed by atoms with van der Waals surface area (Å²) in [4.78, 5) is 11.8. The van der Waals surface area contributed by atoms with E-state index in [4.69, 9.17) is 4.74 Å². The third kappa shape index (κ3) is 3.37. The van der Waals surface area contributed by atoms with Crippen LogP contribution in [0.1, 0.15) is 20.8 Å². The molecular formula is C15H17NO3. The summed E-state index contributed by atoms with van der Waals surface area (Å²) in [6.45, 7) is 5.44. The molecule has 0 saturated heterocycles.